The smallest absolute Gasteiger partial charge is 0.430 e. The average molecular weight is 464 g/mol. The molecule has 0 amide bonds. The maximum Gasteiger partial charge on any atom is 0.430 e. The highest BCUT2D eigenvalue weighted by molar-refractivity contribution is 5.81. The Morgan fingerprint density at radius 2 is 1.55 bits per heavy atom. The first-order chi connectivity index (χ1) is 15.6. The van der Waals surface area contributed by atoms with Gasteiger partial charge in [-0.15, -0.1) is 0 Å². The molecule has 2 atom stereocenters. The molecule has 1 N–H and O–H groups in total. The van der Waals surface area contributed by atoms with E-state index in [1.807, 2.05) is 60.7 Å². The molecule has 3 aliphatic heterocycles. The van der Waals surface area contributed by atoms with E-state index in [-0.39, 0.29) is 12.1 Å². The van der Waals surface area contributed by atoms with E-state index in [1.54, 1.807) is 0 Å². The number of benzene rings is 2. The van der Waals surface area contributed by atoms with E-state index in [4.69, 9.17) is 14.6 Å². The molecule has 5 rings (SSSR count). The summed E-state index contributed by atoms with van der Waals surface area (Å²) in [5.41, 5.74) is 1.86. The third kappa shape index (κ3) is 6.71. The molecule has 33 heavy (non-hydrogen) atoms. The zero-order valence-corrected chi connectivity index (χ0v) is 18.3. The van der Waals surface area contributed by atoms with Crippen molar-refractivity contribution >= 4 is 17.6 Å². The number of hydrogen-bond donors (Lipinski definition) is 1. The van der Waals surface area contributed by atoms with Crippen LogP contribution in [0.25, 0.3) is 0 Å². The molecule has 2 aromatic carbocycles. The molecule has 2 bridgehead atoms. The lowest BCUT2D eigenvalue weighted by Crippen LogP contribution is -2.62. The Hall–Kier alpha value is -3.07. The molecule has 3 fully saturated rings. The minimum absolute atomic E-state index is 0.0405. The second-order valence-corrected chi connectivity index (χ2v) is 8.70. The maximum atomic E-state index is 13.1. The minimum atomic E-state index is -5.19. The van der Waals surface area contributed by atoms with Crippen LogP contribution >= 0.6 is 0 Å². The number of anilines is 1. The molecule has 2 aromatic rings. The summed E-state index contributed by atoms with van der Waals surface area (Å²) < 4.78 is 38.6. The Morgan fingerprint density at radius 3 is 2.03 bits per heavy atom. The topological polar surface area (TPSA) is 78.5 Å². The number of carboxylic acids is 1. The van der Waals surface area contributed by atoms with Gasteiger partial charge < -0.3 is 24.4 Å². The lowest BCUT2D eigenvalue weighted by Gasteiger charge is -2.49. The summed E-state index contributed by atoms with van der Waals surface area (Å²) in [7, 11) is 2.28. The van der Waals surface area contributed by atoms with Crippen LogP contribution < -0.4 is 10.4 Å². The van der Waals surface area contributed by atoms with Gasteiger partial charge in [-0.2, -0.15) is 13.2 Å². The normalized spacial score (nSPS) is 24.7. The zero-order valence-electron chi connectivity index (χ0n) is 18.3. The number of likely N-dealkylation sites (N-methyl/N-ethyl adjacent to an activating group) is 1. The number of halogens is 3. The number of nitrogens with zero attached hydrogens (tertiary/aromatic N) is 1. The van der Waals surface area contributed by atoms with Crippen LogP contribution in [0.1, 0.15) is 24.4 Å². The average Bonchev–Trinajstić information content (AvgIpc) is 2.78. The van der Waals surface area contributed by atoms with Gasteiger partial charge in [0.05, 0.1) is 20.1 Å². The summed E-state index contributed by atoms with van der Waals surface area (Å²) in [4.78, 5) is 21.9. The SMILES string of the molecule is C[N+]12CCC(CC1)C(OC(=O)C(Nc1ccccc1)c1ccccc1)C2.O=C([O-])C(F)(F)F. The molecule has 3 saturated heterocycles. The molecular weight excluding hydrogens is 437 g/mol. The Labute approximate surface area is 190 Å². The van der Waals surface area contributed by atoms with Crippen LogP contribution in [0.4, 0.5) is 18.9 Å². The van der Waals surface area contributed by atoms with E-state index in [0.717, 1.165) is 35.1 Å². The second kappa shape index (κ2) is 10.2. The molecule has 0 saturated carbocycles. The highest BCUT2D eigenvalue weighted by Gasteiger charge is 2.45. The van der Waals surface area contributed by atoms with E-state index in [1.165, 1.54) is 13.1 Å². The van der Waals surface area contributed by atoms with Gasteiger partial charge in [0.1, 0.15) is 12.5 Å². The number of ether oxygens (including phenoxy) is 1. The summed E-state index contributed by atoms with van der Waals surface area (Å²) in [6.45, 7) is 3.37. The van der Waals surface area contributed by atoms with Gasteiger partial charge in [-0.1, -0.05) is 48.5 Å². The second-order valence-electron chi connectivity index (χ2n) is 8.70. The third-order valence-electron chi connectivity index (χ3n) is 6.18. The van der Waals surface area contributed by atoms with E-state index >= 15 is 0 Å². The quantitative estimate of drug-likeness (QED) is 0.544. The van der Waals surface area contributed by atoms with Gasteiger partial charge in [-0.3, -0.25) is 0 Å². The van der Waals surface area contributed by atoms with Crippen LogP contribution in [0.5, 0.6) is 0 Å². The number of esters is 1. The van der Waals surface area contributed by atoms with Gasteiger partial charge >= 0.3 is 12.1 Å². The number of carbonyl (C=O) groups is 2. The highest BCUT2D eigenvalue weighted by Crippen LogP contribution is 2.35. The standard InChI is InChI=1S/C22H27N2O2.C2HF3O2/c1-24-14-12-17(13-15-24)20(16-24)26-22(25)21(18-8-4-2-5-9-18)23-19-10-6-3-7-11-19;3-2(4,5)1(6)7/h2-11,17,20-21,23H,12-16H2,1H3;(H,6,7)/q+1;/p-1. The van der Waals surface area contributed by atoms with Crippen molar-refractivity contribution in [2.24, 2.45) is 5.92 Å². The number of rotatable bonds is 5. The van der Waals surface area contributed by atoms with Crippen molar-refractivity contribution in [2.45, 2.75) is 31.2 Å². The van der Waals surface area contributed by atoms with Gasteiger partial charge in [0.25, 0.3) is 0 Å². The van der Waals surface area contributed by atoms with Gasteiger partial charge in [0.2, 0.25) is 0 Å². The predicted octanol–water partition coefficient (Wildman–Crippen LogP) is 2.92. The van der Waals surface area contributed by atoms with Crippen molar-refractivity contribution in [3.8, 4) is 0 Å². The highest BCUT2D eigenvalue weighted by atomic mass is 19.4. The van der Waals surface area contributed by atoms with E-state index in [9.17, 15) is 18.0 Å². The molecule has 178 valence electrons. The minimum Gasteiger partial charge on any atom is -0.542 e. The molecule has 2 unspecified atom stereocenters. The van der Waals surface area contributed by atoms with Gasteiger partial charge in [0, 0.05) is 24.4 Å². The van der Waals surface area contributed by atoms with Crippen molar-refractivity contribution in [3.05, 3.63) is 66.2 Å². The first-order valence-electron chi connectivity index (χ1n) is 10.8. The molecule has 0 spiro atoms. The molecule has 9 heteroatoms. The molecule has 0 aromatic heterocycles. The fraction of sp³-hybridized carbons (Fsp3) is 0.417. The molecule has 0 aliphatic carbocycles. The Morgan fingerprint density at radius 1 is 1.03 bits per heavy atom. The Balaban J connectivity index is 0.000000383. The van der Waals surface area contributed by atoms with Crippen molar-refractivity contribution in [2.75, 3.05) is 32.0 Å². The first-order valence-corrected chi connectivity index (χ1v) is 10.8. The Bertz CT molecular complexity index is 930. The number of carbonyl (C=O) groups excluding carboxylic acids is 2. The molecule has 0 radical (unpaired) electrons. The Kier molecular flexibility index (Phi) is 7.63. The molecule has 6 nitrogen and oxygen atoms in total. The first kappa shape index (κ1) is 24.6. The fourth-order valence-electron chi connectivity index (χ4n) is 4.32. The maximum absolute atomic E-state index is 13.1. The van der Waals surface area contributed by atoms with Crippen LogP contribution in [0.2, 0.25) is 0 Å². The summed E-state index contributed by atoms with van der Waals surface area (Å²) in [5, 5.41) is 12.1. The summed E-state index contributed by atoms with van der Waals surface area (Å²) in [6.07, 6.45) is -2.83. The number of fused-ring (bicyclic) bond motifs is 3. The van der Waals surface area contributed by atoms with E-state index in [2.05, 4.69) is 12.4 Å². The lowest BCUT2D eigenvalue weighted by atomic mass is 9.84. The number of alkyl halides is 3. The van der Waals surface area contributed by atoms with E-state index < -0.39 is 18.2 Å². The van der Waals surface area contributed by atoms with Gasteiger partial charge in [0.15, 0.2) is 12.1 Å². The lowest BCUT2D eigenvalue weighted by molar-refractivity contribution is -0.928. The van der Waals surface area contributed by atoms with E-state index in [0.29, 0.717) is 5.92 Å². The molecule has 3 heterocycles. The van der Waals surface area contributed by atoms with Crippen molar-refractivity contribution < 1.29 is 37.1 Å². The number of hydrogen-bond acceptors (Lipinski definition) is 5. The van der Waals surface area contributed by atoms with Crippen LogP contribution in [0, 0.1) is 5.92 Å². The van der Waals surface area contributed by atoms with Crippen molar-refractivity contribution in [3.63, 3.8) is 0 Å². The van der Waals surface area contributed by atoms with Crippen molar-refractivity contribution in [1.29, 1.82) is 0 Å². The number of piperidine rings is 3. The number of aliphatic carboxylic acids is 1. The number of para-hydroxylation sites is 1. The molecule has 3 aliphatic rings. The molecular formula is C24H27F3N2O4. The van der Waals surface area contributed by atoms with Crippen LogP contribution in [0.15, 0.2) is 60.7 Å². The third-order valence-corrected chi connectivity index (χ3v) is 6.18. The summed E-state index contributed by atoms with van der Waals surface area (Å²) in [6, 6.07) is 19.2. The predicted molar refractivity (Wildman–Crippen MR) is 114 cm³/mol. The summed E-state index contributed by atoms with van der Waals surface area (Å²) >= 11 is 0. The fourth-order valence-corrected chi connectivity index (χ4v) is 4.32. The largest absolute Gasteiger partial charge is 0.542 e. The summed E-state index contributed by atoms with van der Waals surface area (Å²) in [5.74, 6) is -2.66. The van der Waals surface area contributed by atoms with Gasteiger partial charge in [-0.05, 0) is 17.7 Å². The van der Waals surface area contributed by atoms with Crippen LogP contribution in [-0.2, 0) is 14.3 Å². The van der Waals surface area contributed by atoms with Crippen molar-refractivity contribution in [1.82, 2.24) is 0 Å². The number of nitrogens with one attached hydrogen (secondary N) is 1. The van der Waals surface area contributed by atoms with Crippen LogP contribution in [0.3, 0.4) is 0 Å². The van der Waals surface area contributed by atoms with Crippen LogP contribution in [-0.4, -0.2) is 55.4 Å². The monoisotopic (exact) mass is 464 g/mol. The number of quaternary nitrogens is 1. The zero-order chi connectivity index (χ0) is 24.1. The number of carboxylic acid groups (broad SMARTS) is 1. The van der Waals surface area contributed by atoms with Gasteiger partial charge in [-0.25, -0.2) is 4.79 Å².